The molecule has 5 heteroatoms. The Labute approximate surface area is 124 Å². The Kier molecular flexibility index (Phi) is 3.53. The fourth-order valence-corrected chi connectivity index (χ4v) is 2.90. The molecule has 3 rings (SSSR count). The summed E-state index contributed by atoms with van der Waals surface area (Å²) in [4.78, 5) is 2.18. The number of hydrogen-bond donors (Lipinski definition) is 1. The average molecular weight is 281 g/mol. The number of aromatic nitrogens is 2. The van der Waals surface area contributed by atoms with Gasteiger partial charge in [0.05, 0.1) is 5.69 Å². The largest absolute Gasteiger partial charge is 0.382 e. The van der Waals surface area contributed by atoms with Crippen LogP contribution in [0.1, 0.15) is 25.3 Å². The number of anilines is 2. The van der Waals surface area contributed by atoms with Gasteiger partial charge in [0.25, 0.3) is 0 Å². The van der Waals surface area contributed by atoms with Crippen molar-refractivity contribution < 1.29 is 0 Å². The van der Waals surface area contributed by atoms with Crippen LogP contribution in [0.4, 0.5) is 11.6 Å². The first kappa shape index (κ1) is 13.5. The van der Waals surface area contributed by atoms with Gasteiger partial charge in [0, 0.05) is 13.1 Å². The molecule has 5 nitrogen and oxygen atoms in total. The highest BCUT2D eigenvalue weighted by Gasteiger charge is 2.25. The van der Waals surface area contributed by atoms with Gasteiger partial charge < -0.3 is 10.6 Å². The lowest BCUT2D eigenvalue weighted by atomic mass is 10.0. The van der Waals surface area contributed by atoms with Crippen molar-refractivity contribution in [3.63, 3.8) is 0 Å². The summed E-state index contributed by atoms with van der Waals surface area (Å²) in [7, 11) is 0. The van der Waals surface area contributed by atoms with Gasteiger partial charge in [0.15, 0.2) is 5.82 Å². The van der Waals surface area contributed by atoms with Gasteiger partial charge >= 0.3 is 0 Å². The number of para-hydroxylation sites is 1. The minimum Gasteiger partial charge on any atom is -0.382 e. The third kappa shape index (κ3) is 2.45. The van der Waals surface area contributed by atoms with Crippen LogP contribution >= 0.6 is 0 Å². The van der Waals surface area contributed by atoms with Crippen molar-refractivity contribution in [3.05, 3.63) is 35.9 Å². The first-order valence-corrected chi connectivity index (χ1v) is 7.29. The third-order valence-electron chi connectivity index (χ3n) is 3.97. The SMILES string of the molecule is CC1CCCN(c2nn(-c3ccccc3)c(N)c2C#N)C1. The van der Waals surface area contributed by atoms with E-state index in [1.165, 1.54) is 6.42 Å². The van der Waals surface area contributed by atoms with Crippen LogP contribution in [0, 0.1) is 17.2 Å². The second-order valence-electron chi connectivity index (χ2n) is 5.64. The van der Waals surface area contributed by atoms with E-state index in [4.69, 9.17) is 5.73 Å². The Balaban J connectivity index is 2.04. The van der Waals surface area contributed by atoms with Gasteiger partial charge in [-0.3, -0.25) is 0 Å². The van der Waals surface area contributed by atoms with E-state index in [1.54, 1.807) is 4.68 Å². The maximum Gasteiger partial charge on any atom is 0.171 e. The van der Waals surface area contributed by atoms with Gasteiger partial charge in [0.1, 0.15) is 17.5 Å². The van der Waals surface area contributed by atoms with E-state index in [0.29, 0.717) is 23.1 Å². The highest BCUT2D eigenvalue weighted by Crippen LogP contribution is 2.30. The van der Waals surface area contributed by atoms with E-state index in [2.05, 4.69) is 23.0 Å². The predicted octanol–water partition coefficient (Wildman–Crippen LogP) is 2.56. The minimum atomic E-state index is 0.414. The molecular weight excluding hydrogens is 262 g/mol. The van der Waals surface area contributed by atoms with Crippen LogP contribution in [0.25, 0.3) is 5.69 Å². The summed E-state index contributed by atoms with van der Waals surface area (Å²) in [5.41, 5.74) is 7.50. The average Bonchev–Trinajstić information content (AvgIpc) is 2.85. The minimum absolute atomic E-state index is 0.414. The lowest BCUT2D eigenvalue weighted by Crippen LogP contribution is -2.35. The third-order valence-corrected chi connectivity index (χ3v) is 3.97. The van der Waals surface area contributed by atoms with E-state index in [1.807, 2.05) is 30.3 Å². The van der Waals surface area contributed by atoms with E-state index < -0.39 is 0 Å². The molecule has 1 atom stereocenters. The molecule has 1 aliphatic heterocycles. The molecule has 2 aromatic rings. The quantitative estimate of drug-likeness (QED) is 0.918. The highest BCUT2D eigenvalue weighted by molar-refractivity contribution is 5.67. The molecule has 0 bridgehead atoms. The number of piperidine rings is 1. The van der Waals surface area contributed by atoms with E-state index in [9.17, 15) is 5.26 Å². The molecule has 2 N–H and O–H groups in total. The zero-order valence-electron chi connectivity index (χ0n) is 12.2. The molecule has 1 unspecified atom stereocenters. The van der Waals surface area contributed by atoms with Crippen LogP contribution in [-0.2, 0) is 0 Å². The normalized spacial score (nSPS) is 18.5. The first-order valence-electron chi connectivity index (χ1n) is 7.29. The van der Waals surface area contributed by atoms with Crippen LogP contribution in [0.5, 0.6) is 0 Å². The van der Waals surface area contributed by atoms with Crippen LogP contribution in [-0.4, -0.2) is 22.9 Å². The van der Waals surface area contributed by atoms with E-state index in [0.717, 1.165) is 25.2 Å². The molecule has 0 amide bonds. The van der Waals surface area contributed by atoms with Crippen molar-refractivity contribution in [2.24, 2.45) is 5.92 Å². The van der Waals surface area contributed by atoms with Gasteiger partial charge in [-0.1, -0.05) is 25.1 Å². The number of benzene rings is 1. The zero-order valence-corrected chi connectivity index (χ0v) is 12.2. The molecule has 21 heavy (non-hydrogen) atoms. The van der Waals surface area contributed by atoms with Crippen molar-refractivity contribution >= 4 is 11.6 Å². The molecule has 0 saturated carbocycles. The Hall–Kier alpha value is -2.48. The number of nitrogen functional groups attached to an aromatic ring is 1. The summed E-state index contributed by atoms with van der Waals surface area (Å²) >= 11 is 0. The summed E-state index contributed by atoms with van der Waals surface area (Å²) < 4.78 is 1.66. The topological polar surface area (TPSA) is 70.9 Å². The van der Waals surface area contributed by atoms with Crippen LogP contribution < -0.4 is 10.6 Å². The van der Waals surface area contributed by atoms with Gasteiger partial charge in [-0.25, -0.2) is 4.68 Å². The van der Waals surface area contributed by atoms with Gasteiger partial charge in [-0.05, 0) is 30.9 Å². The van der Waals surface area contributed by atoms with E-state index >= 15 is 0 Å². The molecule has 1 saturated heterocycles. The number of hydrogen-bond acceptors (Lipinski definition) is 4. The van der Waals surface area contributed by atoms with Gasteiger partial charge in [-0.15, -0.1) is 5.10 Å². The summed E-state index contributed by atoms with van der Waals surface area (Å²) in [6.45, 7) is 4.10. The highest BCUT2D eigenvalue weighted by atomic mass is 15.4. The molecule has 1 aromatic carbocycles. The zero-order chi connectivity index (χ0) is 14.8. The molecule has 1 aliphatic rings. The first-order chi connectivity index (χ1) is 10.2. The lowest BCUT2D eigenvalue weighted by Gasteiger charge is -2.31. The maximum absolute atomic E-state index is 9.45. The van der Waals surface area contributed by atoms with Crippen LogP contribution in [0.15, 0.2) is 30.3 Å². The molecular formula is C16H19N5. The Morgan fingerprint density at radius 3 is 2.76 bits per heavy atom. The molecule has 1 aromatic heterocycles. The van der Waals surface area contributed by atoms with E-state index in [-0.39, 0.29) is 0 Å². The van der Waals surface area contributed by atoms with Gasteiger partial charge in [0.2, 0.25) is 0 Å². The van der Waals surface area contributed by atoms with Crippen LogP contribution in [0.3, 0.4) is 0 Å². The fourth-order valence-electron chi connectivity index (χ4n) is 2.90. The maximum atomic E-state index is 9.45. The Morgan fingerprint density at radius 2 is 2.10 bits per heavy atom. The summed E-state index contributed by atoms with van der Waals surface area (Å²) in [5.74, 6) is 1.75. The summed E-state index contributed by atoms with van der Waals surface area (Å²) in [6, 6.07) is 11.9. The second kappa shape index (κ2) is 5.49. The summed E-state index contributed by atoms with van der Waals surface area (Å²) in [5, 5.41) is 14.1. The Morgan fingerprint density at radius 1 is 1.33 bits per heavy atom. The number of nitrogens with two attached hydrogens (primary N) is 1. The predicted molar refractivity (Wildman–Crippen MR) is 83.3 cm³/mol. The van der Waals surface area contributed by atoms with Crippen molar-refractivity contribution in [2.45, 2.75) is 19.8 Å². The smallest absolute Gasteiger partial charge is 0.171 e. The van der Waals surface area contributed by atoms with Crippen molar-refractivity contribution in [2.75, 3.05) is 23.7 Å². The number of nitrogens with zero attached hydrogens (tertiary/aromatic N) is 4. The van der Waals surface area contributed by atoms with Crippen molar-refractivity contribution in [1.29, 1.82) is 5.26 Å². The van der Waals surface area contributed by atoms with Crippen molar-refractivity contribution in [1.82, 2.24) is 9.78 Å². The van der Waals surface area contributed by atoms with Gasteiger partial charge in [-0.2, -0.15) is 5.26 Å². The molecule has 2 heterocycles. The molecule has 1 fully saturated rings. The lowest BCUT2D eigenvalue weighted by molar-refractivity contribution is 0.444. The standard InChI is InChI=1S/C16H19N5/c1-12-6-5-9-20(11-12)16-14(10-17)15(18)21(19-16)13-7-3-2-4-8-13/h2-4,7-8,12H,5-6,9,11,18H2,1H3. The molecule has 0 aliphatic carbocycles. The monoisotopic (exact) mass is 281 g/mol. The number of rotatable bonds is 2. The second-order valence-corrected chi connectivity index (χ2v) is 5.64. The van der Waals surface area contributed by atoms with Crippen molar-refractivity contribution in [3.8, 4) is 11.8 Å². The Bertz CT molecular complexity index is 668. The summed E-state index contributed by atoms with van der Waals surface area (Å²) in [6.07, 6.45) is 2.36. The molecule has 0 spiro atoms. The number of nitriles is 1. The molecule has 108 valence electrons. The van der Waals surface area contributed by atoms with Crippen LogP contribution in [0.2, 0.25) is 0 Å². The fraction of sp³-hybridized carbons (Fsp3) is 0.375. The molecule has 0 radical (unpaired) electrons.